The van der Waals surface area contributed by atoms with Crippen LogP contribution in [0.3, 0.4) is 0 Å². The molecule has 4 nitrogen and oxygen atoms in total. The van der Waals surface area contributed by atoms with Crippen molar-refractivity contribution in [3.05, 3.63) is 30.2 Å². The number of carboxylic acid groups (broad SMARTS) is 1. The van der Waals surface area contributed by atoms with Gasteiger partial charge in [-0.2, -0.15) is 0 Å². The molecule has 0 aliphatic rings. The Morgan fingerprint density at radius 3 is 2.58 bits per heavy atom. The average molecular weight is 266 g/mol. The molecule has 0 aromatic carbocycles. The summed E-state index contributed by atoms with van der Waals surface area (Å²) in [7, 11) is 0. The van der Waals surface area contributed by atoms with Gasteiger partial charge in [0.25, 0.3) is 0 Å². The van der Waals surface area contributed by atoms with Crippen molar-refractivity contribution in [2.75, 3.05) is 0 Å². The lowest BCUT2D eigenvalue weighted by molar-refractivity contribution is -0.137. The molecule has 0 spiro atoms. The molecule has 1 heterocycles. The zero-order chi connectivity index (χ0) is 14.5. The highest BCUT2D eigenvalue weighted by Crippen LogP contribution is 2.12. The molecule has 0 saturated heterocycles. The van der Waals surface area contributed by atoms with Crippen molar-refractivity contribution in [3.8, 4) is 0 Å². The van der Waals surface area contributed by atoms with Gasteiger partial charge < -0.3 is 9.52 Å². The van der Waals surface area contributed by atoms with Crippen molar-refractivity contribution in [2.45, 2.75) is 46.0 Å². The highest BCUT2D eigenvalue weighted by atomic mass is 16.4. The SMILES string of the molecule is CC(=CC=O)c1ccco1.CCCCCCC(=O)O. The maximum atomic E-state index is 9.99. The first kappa shape index (κ1) is 17.2. The topological polar surface area (TPSA) is 67.5 Å². The van der Waals surface area contributed by atoms with Gasteiger partial charge in [0.1, 0.15) is 12.0 Å². The predicted octanol–water partition coefficient (Wildman–Crippen LogP) is 3.92. The summed E-state index contributed by atoms with van der Waals surface area (Å²) < 4.78 is 5.02. The van der Waals surface area contributed by atoms with Crippen molar-refractivity contribution >= 4 is 17.8 Å². The van der Waals surface area contributed by atoms with E-state index in [-0.39, 0.29) is 0 Å². The van der Waals surface area contributed by atoms with Crippen LogP contribution in [0.5, 0.6) is 0 Å². The number of hydrogen-bond donors (Lipinski definition) is 1. The van der Waals surface area contributed by atoms with Crippen LogP contribution >= 0.6 is 0 Å². The summed E-state index contributed by atoms with van der Waals surface area (Å²) in [5.74, 6) is 0.0678. The van der Waals surface area contributed by atoms with Crippen LogP contribution < -0.4 is 0 Å². The summed E-state index contributed by atoms with van der Waals surface area (Å²) in [4.78, 5) is 20.0. The summed E-state index contributed by atoms with van der Waals surface area (Å²) in [5.41, 5.74) is 0.847. The second kappa shape index (κ2) is 11.3. The fourth-order valence-electron chi connectivity index (χ4n) is 1.39. The van der Waals surface area contributed by atoms with Gasteiger partial charge in [0.15, 0.2) is 0 Å². The second-order valence-electron chi connectivity index (χ2n) is 4.17. The Bertz CT molecular complexity index is 377. The molecule has 0 radical (unpaired) electrons. The summed E-state index contributed by atoms with van der Waals surface area (Å²) in [5, 5.41) is 8.21. The van der Waals surface area contributed by atoms with Crippen LogP contribution in [-0.2, 0) is 9.59 Å². The van der Waals surface area contributed by atoms with E-state index in [2.05, 4.69) is 6.92 Å². The predicted molar refractivity (Wildman–Crippen MR) is 74.8 cm³/mol. The number of allylic oxidation sites excluding steroid dienone is 2. The number of furan rings is 1. The lowest BCUT2D eigenvalue weighted by Gasteiger charge is -1.92. The molecule has 1 rings (SSSR count). The molecule has 0 atom stereocenters. The van der Waals surface area contributed by atoms with Crippen molar-refractivity contribution in [1.82, 2.24) is 0 Å². The van der Waals surface area contributed by atoms with Crippen LogP contribution in [0.2, 0.25) is 0 Å². The fraction of sp³-hybridized carbons (Fsp3) is 0.467. The van der Waals surface area contributed by atoms with Gasteiger partial charge in [-0.15, -0.1) is 0 Å². The minimum atomic E-state index is -0.675. The number of unbranched alkanes of at least 4 members (excludes halogenated alkanes) is 3. The zero-order valence-electron chi connectivity index (χ0n) is 11.6. The van der Waals surface area contributed by atoms with E-state index in [1.165, 1.54) is 12.5 Å². The molecule has 0 unspecified atom stereocenters. The van der Waals surface area contributed by atoms with E-state index in [1.807, 2.05) is 13.0 Å². The van der Waals surface area contributed by atoms with Crippen LogP contribution in [0.1, 0.15) is 51.7 Å². The molecule has 0 aliphatic heterocycles. The van der Waals surface area contributed by atoms with E-state index < -0.39 is 5.97 Å². The Balaban J connectivity index is 0.000000344. The first-order valence-corrected chi connectivity index (χ1v) is 6.49. The van der Waals surface area contributed by atoms with E-state index in [9.17, 15) is 9.59 Å². The highest BCUT2D eigenvalue weighted by molar-refractivity contribution is 5.78. The Labute approximate surface area is 114 Å². The van der Waals surface area contributed by atoms with Crippen LogP contribution in [0, 0.1) is 0 Å². The number of carboxylic acids is 1. The van der Waals surface area contributed by atoms with Crippen LogP contribution in [0.15, 0.2) is 28.9 Å². The molecule has 106 valence electrons. The molecule has 0 saturated carbocycles. The van der Waals surface area contributed by atoms with Crippen LogP contribution in [0.4, 0.5) is 0 Å². The number of aldehydes is 1. The molecule has 1 N–H and O–H groups in total. The molecule has 0 amide bonds. The van der Waals surface area contributed by atoms with E-state index in [0.29, 0.717) is 6.42 Å². The molecule has 1 aromatic rings. The summed E-state index contributed by atoms with van der Waals surface area (Å²) in [6.45, 7) is 3.94. The molecule has 0 bridgehead atoms. The molecule has 1 aromatic heterocycles. The molecular weight excluding hydrogens is 244 g/mol. The number of rotatable bonds is 7. The van der Waals surface area contributed by atoms with Crippen molar-refractivity contribution in [2.24, 2.45) is 0 Å². The van der Waals surface area contributed by atoms with Gasteiger partial charge in [-0.3, -0.25) is 9.59 Å². The van der Waals surface area contributed by atoms with Crippen molar-refractivity contribution in [1.29, 1.82) is 0 Å². The zero-order valence-corrected chi connectivity index (χ0v) is 11.6. The maximum absolute atomic E-state index is 9.99. The third kappa shape index (κ3) is 9.83. The van der Waals surface area contributed by atoms with E-state index in [1.54, 1.807) is 12.3 Å². The molecule has 0 fully saturated rings. The molecule has 0 aliphatic carbocycles. The van der Waals surface area contributed by atoms with Crippen LogP contribution in [0.25, 0.3) is 5.57 Å². The van der Waals surface area contributed by atoms with Crippen LogP contribution in [-0.4, -0.2) is 17.4 Å². The number of carbonyl (C=O) groups excluding carboxylic acids is 1. The summed E-state index contributed by atoms with van der Waals surface area (Å²) >= 11 is 0. The number of aliphatic carboxylic acids is 1. The monoisotopic (exact) mass is 266 g/mol. The summed E-state index contributed by atoms with van der Waals surface area (Å²) in [6, 6.07) is 3.60. The third-order valence-electron chi connectivity index (χ3n) is 2.47. The van der Waals surface area contributed by atoms with Gasteiger partial charge >= 0.3 is 5.97 Å². The molecular formula is C15H22O4. The summed E-state index contributed by atoms with van der Waals surface area (Å²) in [6.07, 6.45) is 8.35. The normalized spacial score (nSPS) is 10.5. The van der Waals surface area contributed by atoms with Gasteiger partial charge in [0, 0.05) is 6.42 Å². The van der Waals surface area contributed by atoms with Gasteiger partial charge in [0.2, 0.25) is 0 Å². The maximum Gasteiger partial charge on any atom is 0.303 e. The Morgan fingerprint density at radius 2 is 2.11 bits per heavy atom. The first-order valence-electron chi connectivity index (χ1n) is 6.49. The first-order chi connectivity index (χ1) is 9.11. The lowest BCUT2D eigenvalue weighted by atomic mass is 10.2. The molecule has 4 heteroatoms. The lowest BCUT2D eigenvalue weighted by Crippen LogP contribution is -1.92. The van der Waals surface area contributed by atoms with Gasteiger partial charge in [-0.1, -0.05) is 26.2 Å². The quantitative estimate of drug-likeness (QED) is 0.461. The third-order valence-corrected chi connectivity index (χ3v) is 2.47. The minimum Gasteiger partial charge on any atom is -0.481 e. The minimum absolute atomic E-state index is 0.333. The fourth-order valence-corrected chi connectivity index (χ4v) is 1.39. The molecule has 19 heavy (non-hydrogen) atoms. The smallest absolute Gasteiger partial charge is 0.303 e. The van der Waals surface area contributed by atoms with Gasteiger partial charge in [-0.05, 0) is 37.1 Å². The van der Waals surface area contributed by atoms with E-state index >= 15 is 0 Å². The Morgan fingerprint density at radius 1 is 1.37 bits per heavy atom. The largest absolute Gasteiger partial charge is 0.481 e. The number of hydrogen-bond acceptors (Lipinski definition) is 3. The Hall–Kier alpha value is -1.84. The van der Waals surface area contributed by atoms with Crippen molar-refractivity contribution < 1.29 is 19.1 Å². The van der Waals surface area contributed by atoms with E-state index in [4.69, 9.17) is 9.52 Å². The highest BCUT2D eigenvalue weighted by Gasteiger charge is 1.95. The van der Waals surface area contributed by atoms with Gasteiger partial charge in [-0.25, -0.2) is 0 Å². The van der Waals surface area contributed by atoms with Crippen molar-refractivity contribution in [3.63, 3.8) is 0 Å². The average Bonchev–Trinajstić information content (AvgIpc) is 2.89. The second-order valence-corrected chi connectivity index (χ2v) is 4.17. The van der Waals surface area contributed by atoms with Gasteiger partial charge in [0.05, 0.1) is 6.26 Å². The standard InChI is InChI=1S/C8H8O2.C7H14O2/c1-7(4-5-9)8-3-2-6-10-8;1-2-3-4-5-6-7(8)9/h2-6H,1H3;2-6H2,1H3,(H,8,9). The number of carbonyl (C=O) groups is 2. The Kier molecular flexibility index (Phi) is 10.2. The van der Waals surface area contributed by atoms with E-state index in [0.717, 1.165) is 36.9 Å².